The van der Waals surface area contributed by atoms with E-state index in [0.29, 0.717) is 42.6 Å². The summed E-state index contributed by atoms with van der Waals surface area (Å²) in [4.78, 5) is 14.3. The van der Waals surface area contributed by atoms with E-state index in [0.717, 1.165) is 24.2 Å². The zero-order chi connectivity index (χ0) is 16.7. The van der Waals surface area contributed by atoms with Gasteiger partial charge < -0.3 is 14.5 Å². The van der Waals surface area contributed by atoms with Crippen molar-refractivity contribution in [2.75, 3.05) is 13.1 Å². The summed E-state index contributed by atoms with van der Waals surface area (Å²) >= 11 is 6.22. The fourth-order valence-electron chi connectivity index (χ4n) is 3.30. The van der Waals surface area contributed by atoms with Crippen molar-refractivity contribution in [3.8, 4) is 0 Å². The first-order chi connectivity index (χ1) is 11.6. The molecule has 1 aromatic heterocycles. The minimum absolute atomic E-state index is 0.133. The minimum atomic E-state index is -0.988. The van der Waals surface area contributed by atoms with E-state index in [2.05, 4.69) is 5.16 Å². The molecule has 5 nitrogen and oxygen atoms in total. The van der Waals surface area contributed by atoms with Gasteiger partial charge in [0.1, 0.15) is 5.76 Å². The molecule has 2 heterocycles. The first-order valence-corrected chi connectivity index (χ1v) is 8.68. The lowest BCUT2D eigenvalue weighted by Gasteiger charge is -2.38. The second-order valence-electron chi connectivity index (χ2n) is 6.69. The SMILES string of the molecule is O=C(c1cc(C2CC2)on1)N1CCC(O)(c2ccccc2Cl)CC1. The molecule has 126 valence electrons. The smallest absolute Gasteiger partial charge is 0.276 e. The number of piperidine rings is 1. The van der Waals surface area contributed by atoms with Gasteiger partial charge in [-0.1, -0.05) is 35.0 Å². The van der Waals surface area contributed by atoms with Gasteiger partial charge in [-0.05, 0) is 31.7 Å². The number of carbonyl (C=O) groups is 1. The van der Waals surface area contributed by atoms with Gasteiger partial charge in [0.15, 0.2) is 5.69 Å². The molecular formula is C18H19ClN2O3. The Morgan fingerprint density at radius 3 is 2.67 bits per heavy atom. The monoisotopic (exact) mass is 346 g/mol. The van der Waals surface area contributed by atoms with Crippen molar-refractivity contribution in [2.45, 2.75) is 37.2 Å². The quantitative estimate of drug-likeness (QED) is 0.925. The maximum absolute atomic E-state index is 12.6. The fourth-order valence-corrected chi connectivity index (χ4v) is 3.61. The van der Waals surface area contributed by atoms with E-state index < -0.39 is 5.60 Å². The summed E-state index contributed by atoms with van der Waals surface area (Å²) in [5.74, 6) is 1.11. The van der Waals surface area contributed by atoms with Crippen molar-refractivity contribution in [3.05, 3.63) is 52.4 Å². The second kappa shape index (κ2) is 5.90. The molecule has 0 unspecified atom stereocenters. The molecule has 6 heteroatoms. The Bertz CT molecular complexity index is 761. The molecule has 0 spiro atoms. The van der Waals surface area contributed by atoms with Crippen LogP contribution in [0.4, 0.5) is 0 Å². The third kappa shape index (κ3) is 2.82. The predicted molar refractivity (Wildman–Crippen MR) is 89.0 cm³/mol. The molecule has 2 aromatic rings. The van der Waals surface area contributed by atoms with Crippen LogP contribution in [0.5, 0.6) is 0 Å². The summed E-state index contributed by atoms with van der Waals surface area (Å²) in [6, 6.07) is 9.09. The summed E-state index contributed by atoms with van der Waals surface area (Å²) in [6.07, 6.45) is 3.13. The Labute approximate surface area is 145 Å². The number of benzene rings is 1. The first kappa shape index (κ1) is 15.7. The van der Waals surface area contributed by atoms with Crippen LogP contribution in [0.2, 0.25) is 5.02 Å². The van der Waals surface area contributed by atoms with Gasteiger partial charge in [-0.15, -0.1) is 0 Å². The van der Waals surface area contributed by atoms with Crippen LogP contribution in [0.3, 0.4) is 0 Å². The largest absolute Gasteiger partial charge is 0.385 e. The van der Waals surface area contributed by atoms with Crippen LogP contribution in [0.15, 0.2) is 34.9 Å². The van der Waals surface area contributed by atoms with E-state index in [4.69, 9.17) is 16.1 Å². The number of aromatic nitrogens is 1. The van der Waals surface area contributed by atoms with Crippen molar-refractivity contribution in [3.63, 3.8) is 0 Å². The van der Waals surface area contributed by atoms with Crippen molar-refractivity contribution in [2.24, 2.45) is 0 Å². The molecule has 24 heavy (non-hydrogen) atoms. The van der Waals surface area contributed by atoms with Crippen LogP contribution in [0.1, 0.15) is 53.4 Å². The molecule has 1 amide bonds. The number of halogens is 1. The molecule has 1 aromatic carbocycles. The number of carbonyl (C=O) groups excluding carboxylic acids is 1. The third-order valence-corrected chi connectivity index (χ3v) is 5.31. The molecule has 1 aliphatic heterocycles. The zero-order valence-electron chi connectivity index (χ0n) is 13.2. The molecule has 2 fully saturated rings. The van der Waals surface area contributed by atoms with Crippen LogP contribution in [0, 0.1) is 0 Å². The lowest BCUT2D eigenvalue weighted by Crippen LogP contribution is -2.45. The summed E-state index contributed by atoms with van der Waals surface area (Å²) in [5.41, 5.74) is 0.106. The van der Waals surface area contributed by atoms with Gasteiger partial charge in [0.05, 0.1) is 5.60 Å². The Kier molecular flexibility index (Phi) is 3.85. The highest BCUT2D eigenvalue weighted by Gasteiger charge is 2.38. The fraction of sp³-hybridized carbons (Fsp3) is 0.444. The molecule has 2 aliphatic rings. The van der Waals surface area contributed by atoms with E-state index in [-0.39, 0.29) is 5.91 Å². The van der Waals surface area contributed by atoms with E-state index in [1.165, 1.54) is 0 Å². The maximum Gasteiger partial charge on any atom is 0.276 e. The third-order valence-electron chi connectivity index (χ3n) is 4.98. The molecule has 1 saturated carbocycles. The highest BCUT2D eigenvalue weighted by molar-refractivity contribution is 6.31. The van der Waals surface area contributed by atoms with Gasteiger partial charge in [-0.25, -0.2) is 0 Å². The summed E-state index contributed by atoms with van der Waals surface area (Å²) in [5, 5.41) is 15.4. The number of likely N-dealkylation sites (tertiary alicyclic amines) is 1. The summed E-state index contributed by atoms with van der Waals surface area (Å²) in [6.45, 7) is 0.929. The van der Waals surface area contributed by atoms with E-state index in [9.17, 15) is 9.90 Å². The number of amides is 1. The van der Waals surface area contributed by atoms with Crippen molar-refractivity contribution < 1.29 is 14.4 Å². The van der Waals surface area contributed by atoms with Gasteiger partial charge in [-0.2, -0.15) is 0 Å². The average Bonchev–Trinajstić information content (AvgIpc) is 3.32. The van der Waals surface area contributed by atoms with Crippen LogP contribution in [-0.2, 0) is 5.60 Å². The van der Waals surface area contributed by atoms with Crippen LogP contribution in [0.25, 0.3) is 0 Å². The lowest BCUT2D eigenvalue weighted by atomic mass is 9.84. The maximum atomic E-state index is 12.6. The van der Waals surface area contributed by atoms with Crippen molar-refractivity contribution in [1.29, 1.82) is 0 Å². The highest BCUT2D eigenvalue weighted by atomic mass is 35.5. The van der Waals surface area contributed by atoms with E-state index in [1.54, 1.807) is 17.0 Å². The van der Waals surface area contributed by atoms with Gasteiger partial charge in [-0.3, -0.25) is 4.79 Å². The molecule has 1 aliphatic carbocycles. The number of nitrogens with zero attached hydrogens (tertiary/aromatic N) is 2. The Morgan fingerprint density at radius 2 is 2.00 bits per heavy atom. The molecule has 0 bridgehead atoms. The highest BCUT2D eigenvalue weighted by Crippen LogP contribution is 2.40. The number of rotatable bonds is 3. The van der Waals surface area contributed by atoms with Crippen molar-refractivity contribution >= 4 is 17.5 Å². The van der Waals surface area contributed by atoms with Gasteiger partial charge in [0, 0.05) is 35.7 Å². The van der Waals surface area contributed by atoms with E-state index in [1.807, 2.05) is 18.2 Å². The van der Waals surface area contributed by atoms with Crippen LogP contribution in [-0.4, -0.2) is 34.2 Å². The van der Waals surface area contributed by atoms with Gasteiger partial charge >= 0.3 is 0 Å². The van der Waals surface area contributed by atoms with Gasteiger partial charge in [0.2, 0.25) is 0 Å². The zero-order valence-corrected chi connectivity index (χ0v) is 14.0. The Hall–Kier alpha value is -1.85. The topological polar surface area (TPSA) is 66.6 Å². The van der Waals surface area contributed by atoms with Crippen LogP contribution < -0.4 is 0 Å². The number of hydrogen-bond acceptors (Lipinski definition) is 4. The molecule has 0 atom stereocenters. The molecule has 0 radical (unpaired) electrons. The summed E-state index contributed by atoms with van der Waals surface area (Å²) in [7, 11) is 0. The van der Waals surface area contributed by atoms with Crippen molar-refractivity contribution in [1.82, 2.24) is 10.1 Å². The summed E-state index contributed by atoms with van der Waals surface area (Å²) < 4.78 is 5.26. The Balaban J connectivity index is 1.45. The Morgan fingerprint density at radius 1 is 1.29 bits per heavy atom. The van der Waals surface area contributed by atoms with Crippen LogP contribution >= 0.6 is 11.6 Å². The molecule has 1 saturated heterocycles. The van der Waals surface area contributed by atoms with E-state index >= 15 is 0 Å². The molecule has 4 rings (SSSR count). The molecule has 1 N–H and O–H groups in total. The predicted octanol–water partition coefficient (Wildman–Crippen LogP) is 3.33. The normalized spacial score (nSPS) is 20.2. The standard InChI is InChI=1S/C18H19ClN2O3/c19-14-4-2-1-3-13(14)18(23)7-9-21(10-8-18)17(22)15-11-16(24-20-15)12-5-6-12/h1-4,11-12,23H,5-10H2. The molecular weight excluding hydrogens is 328 g/mol. The number of hydrogen-bond donors (Lipinski definition) is 1. The lowest BCUT2D eigenvalue weighted by molar-refractivity contribution is -0.0212. The number of aliphatic hydroxyl groups is 1. The average molecular weight is 347 g/mol. The minimum Gasteiger partial charge on any atom is -0.385 e. The first-order valence-electron chi connectivity index (χ1n) is 8.30. The second-order valence-corrected chi connectivity index (χ2v) is 7.10. The van der Waals surface area contributed by atoms with Gasteiger partial charge in [0.25, 0.3) is 5.91 Å².